The van der Waals surface area contributed by atoms with Gasteiger partial charge in [0.2, 0.25) is 0 Å². The summed E-state index contributed by atoms with van der Waals surface area (Å²) in [7, 11) is 0. The highest BCUT2D eigenvalue weighted by atomic mass is 35.5. The summed E-state index contributed by atoms with van der Waals surface area (Å²) < 4.78 is 6.07. The maximum atomic E-state index is 9.10. The normalized spacial score (nSPS) is 10.4. The Morgan fingerprint density at radius 1 is 0.906 bits per heavy atom. The maximum absolute atomic E-state index is 9.10. The summed E-state index contributed by atoms with van der Waals surface area (Å²) in [5.74, 6) is -2.87. The molecule has 0 saturated carbocycles. The Balaban J connectivity index is 0.000000751. The van der Waals surface area contributed by atoms with Crippen molar-refractivity contribution in [3.8, 4) is 5.75 Å². The summed E-state index contributed by atoms with van der Waals surface area (Å²) in [6.45, 7) is 8.27. The number of hydrogen-bond donors (Lipinski definition) is 2. The van der Waals surface area contributed by atoms with Crippen molar-refractivity contribution in [1.82, 2.24) is 4.90 Å². The lowest BCUT2D eigenvalue weighted by molar-refractivity contribution is -0.159. The highest BCUT2D eigenvalue weighted by molar-refractivity contribution is 6.35. The zero-order valence-corrected chi connectivity index (χ0v) is 20.0. The van der Waals surface area contributed by atoms with Crippen LogP contribution in [0.25, 0.3) is 0 Å². The summed E-state index contributed by atoms with van der Waals surface area (Å²) in [6.07, 6.45) is 4.07. The van der Waals surface area contributed by atoms with E-state index < -0.39 is 11.9 Å². The summed E-state index contributed by atoms with van der Waals surface area (Å²) >= 11 is 12.7. The van der Waals surface area contributed by atoms with Gasteiger partial charge in [-0.05, 0) is 55.6 Å². The van der Waals surface area contributed by atoms with Crippen LogP contribution in [0, 0.1) is 0 Å². The summed E-state index contributed by atoms with van der Waals surface area (Å²) in [6, 6.07) is 14.1. The van der Waals surface area contributed by atoms with Crippen LogP contribution in [0.3, 0.4) is 0 Å². The molecule has 0 aliphatic heterocycles. The molecule has 0 unspecified atom stereocenters. The van der Waals surface area contributed by atoms with Crippen molar-refractivity contribution in [2.24, 2.45) is 0 Å². The largest absolute Gasteiger partial charge is 0.491 e. The fraction of sp³-hybridized carbons (Fsp3) is 0.417. The molecule has 6 nitrogen and oxygen atoms in total. The Morgan fingerprint density at radius 2 is 1.50 bits per heavy atom. The van der Waals surface area contributed by atoms with Crippen molar-refractivity contribution in [3.05, 3.63) is 63.6 Å². The average Bonchev–Trinajstić information content (AvgIpc) is 2.75. The van der Waals surface area contributed by atoms with Crippen LogP contribution in [0.4, 0.5) is 0 Å². The summed E-state index contributed by atoms with van der Waals surface area (Å²) in [5.41, 5.74) is 2.35. The monoisotopic (exact) mass is 483 g/mol. The van der Waals surface area contributed by atoms with E-state index in [4.69, 9.17) is 47.7 Å². The molecule has 8 heteroatoms. The number of benzene rings is 2. The van der Waals surface area contributed by atoms with Gasteiger partial charge in [-0.15, -0.1) is 0 Å². The fourth-order valence-corrected chi connectivity index (χ4v) is 3.71. The van der Waals surface area contributed by atoms with Crippen molar-refractivity contribution in [2.45, 2.75) is 39.5 Å². The molecule has 2 N–H and O–H groups in total. The van der Waals surface area contributed by atoms with Crippen LogP contribution in [0.1, 0.15) is 37.8 Å². The number of nitrogens with zero attached hydrogens (tertiary/aromatic N) is 1. The van der Waals surface area contributed by atoms with Crippen molar-refractivity contribution >= 4 is 35.1 Å². The first-order valence-electron chi connectivity index (χ1n) is 10.6. The van der Waals surface area contributed by atoms with Crippen molar-refractivity contribution in [1.29, 1.82) is 0 Å². The Bertz CT molecular complexity index is 828. The molecule has 0 aromatic heterocycles. The van der Waals surface area contributed by atoms with Crippen molar-refractivity contribution in [3.63, 3.8) is 0 Å². The van der Waals surface area contributed by atoms with E-state index in [2.05, 4.69) is 30.9 Å². The van der Waals surface area contributed by atoms with E-state index in [9.17, 15) is 0 Å². The zero-order chi connectivity index (χ0) is 23.9. The Kier molecular flexibility index (Phi) is 13.5. The SMILES string of the molecule is CCCN(CCC)CCc1cc(Cl)cc(Cl)c1OCCc1ccccc1.O=C(O)C(=O)O. The molecule has 176 valence electrons. The van der Waals surface area contributed by atoms with Crippen LogP contribution < -0.4 is 4.74 Å². The smallest absolute Gasteiger partial charge is 0.414 e. The number of carbonyl (C=O) groups is 2. The molecule has 0 fully saturated rings. The third kappa shape index (κ3) is 10.8. The lowest BCUT2D eigenvalue weighted by Crippen LogP contribution is -2.27. The summed E-state index contributed by atoms with van der Waals surface area (Å²) in [4.78, 5) is 20.7. The Labute approximate surface area is 199 Å². The van der Waals surface area contributed by atoms with E-state index in [0.29, 0.717) is 16.7 Å². The van der Waals surface area contributed by atoms with Gasteiger partial charge in [-0.25, -0.2) is 9.59 Å². The molecule has 0 saturated heterocycles. The lowest BCUT2D eigenvalue weighted by atomic mass is 10.1. The van der Waals surface area contributed by atoms with E-state index in [1.807, 2.05) is 24.3 Å². The van der Waals surface area contributed by atoms with Crippen LogP contribution in [0.15, 0.2) is 42.5 Å². The van der Waals surface area contributed by atoms with Crippen molar-refractivity contribution < 1.29 is 24.5 Å². The molecule has 0 atom stereocenters. The van der Waals surface area contributed by atoms with E-state index >= 15 is 0 Å². The number of hydrogen-bond acceptors (Lipinski definition) is 4. The first kappa shape index (κ1) is 27.8. The lowest BCUT2D eigenvalue weighted by Gasteiger charge is -2.22. The molecule has 0 aliphatic carbocycles. The number of aliphatic carboxylic acids is 2. The van der Waals surface area contributed by atoms with E-state index in [1.165, 1.54) is 5.56 Å². The molecule has 2 rings (SSSR count). The third-order valence-corrected chi connectivity index (χ3v) is 5.02. The molecular weight excluding hydrogens is 453 g/mol. The van der Waals surface area contributed by atoms with Gasteiger partial charge in [-0.3, -0.25) is 0 Å². The fourth-order valence-electron chi connectivity index (χ4n) is 3.12. The Hall–Kier alpha value is -2.28. The molecule has 0 spiro atoms. The Morgan fingerprint density at radius 3 is 2.03 bits per heavy atom. The van der Waals surface area contributed by atoms with Crippen LogP contribution in [-0.2, 0) is 22.4 Å². The van der Waals surface area contributed by atoms with Crippen LogP contribution in [-0.4, -0.2) is 53.3 Å². The van der Waals surface area contributed by atoms with Gasteiger partial charge in [0.25, 0.3) is 0 Å². The van der Waals surface area contributed by atoms with Gasteiger partial charge >= 0.3 is 11.9 Å². The van der Waals surface area contributed by atoms with E-state index in [0.717, 1.165) is 56.6 Å². The maximum Gasteiger partial charge on any atom is 0.414 e. The number of rotatable bonds is 11. The number of carboxylic acids is 2. The predicted molar refractivity (Wildman–Crippen MR) is 128 cm³/mol. The molecule has 32 heavy (non-hydrogen) atoms. The topological polar surface area (TPSA) is 87.1 Å². The molecule has 0 radical (unpaired) electrons. The second-order valence-electron chi connectivity index (χ2n) is 7.16. The van der Waals surface area contributed by atoms with E-state index in [-0.39, 0.29) is 0 Å². The number of halogens is 2. The van der Waals surface area contributed by atoms with Gasteiger partial charge in [0.15, 0.2) is 0 Å². The third-order valence-electron chi connectivity index (χ3n) is 4.53. The van der Waals surface area contributed by atoms with Crippen LogP contribution in [0.2, 0.25) is 10.0 Å². The minimum Gasteiger partial charge on any atom is -0.491 e. The minimum absolute atomic E-state index is 0.595. The number of ether oxygens (including phenoxy) is 1. The van der Waals surface area contributed by atoms with Gasteiger partial charge in [0, 0.05) is 18.0 Å². The van der Waals surface area contributed by atoms with Crippen molar-refractivity contribution in [2.75, 3.05) is 26.2 Å². The molecule has 0 heterocycles. The van der Waals surface area contributed by atoms with Gasteiger partial charge < -0.3 is 19.8 Å². The highest BCUT2D eigenvalue weighted by Gasteiger charge is 2.13. The van der Waals surface area contributed by atoms with Gasteiger partial charge in [-0.1, -0.05) is 67.4 Å². The second kappa shape index (κ2) is 15.5. The summed E-state index contributed by atoms with van der Waals surface area (Å²) in [5, 5.41) is 16.0. The minimum atomic E-state index is -1.82. The number of carboxylic acid groups (broad SMARTS) is 2. The average molecular weight is 484 g/mol. The zero-order valence-electron chi connectivity index (χ0n) is 18.5. The highest BCUT2D eigenvalue weighted by Crippen LogP contribution is 2.33. The predicted octanol–water partition coefficient (Wildman–Crippen LogP) is 5.44. The molecule has 2 aromatic carbocycles. The van der Waals surface area contributed by atoms with Crippen LogP contribution in [0.5, 0.6) is 5.75 Å². The first-order valence-corrected chi connectivity index (χ1v) is 11.4. The van der Waals surface area contributed by atoms with Gasteiger partial charge in [-0.2, -0.15) is 0 Å². The molecule has 0 amide bonds. The van der Waals surface area contributed by atoms with Crippen LogP contribution >= 0.6 is 23.2 Å². The molecular formula is C24H31Cl2NO5. The standard InChI is InChI=1S/C22H29Cl2NO.C2H2O4/c1-3-12-25(13-4-2)14-10-19-16-20(23)17-21(24)22(19)26-15-11-18-8-6-5-7-9-18;3-1(4)2(5)6/h5-9,16-17H,3-4,10-15H2,1-2H3;(H,3,4)(H,5,6). The quantitative estimate of drug-likeness (QED) is 0.414. The van der Waals surface area contributed by atoms with Gasteiger partial charge in [0.05, 0.1) is 11.6 Å². The van der Waals surface area contributed by atoms with E-state index in [1.54, 1.807) is 6.07 Å². The second-order valence-corrected chi connectivity index (χ2v) is 8.01. The first-order chi connectivity index (χ1) is 15.3. The van der Waals surface area contributed by atoms with Gasteiger partial charge in [0.1, 0.15) is 5.75 Å². The molecule has 0 bridgehead atoms. The molecule has 2 aromatic rings. The molecule has 0 aliphatic rings.